The fourth-order valence-electron chi connectivity index (χ4n) is 3.82. The molecular weight excluding hydrogens is 481 g/mol. The van der Waals surface area contributed by atoms with E-state index in [1.54, 1.807) is 0 Å². The number of carbonyl (C=O) groups is 1. The van der Waals surface area contributed by atoms with Crippen LogP contribution < -0.4 is 15.8 Å². The van der Waals surface area contributed by atoms with E-state index in [9.17, 15) is 26.7 Å². The fourth-order valence-corrected chi connectivity index (χ4v) is 3.82. The Kier molecular flexibility index (Phi) is 6.25. The maximum Gasteiger partial charge on any atom is 0.340 e. The van der Waals surface area contributed by atoms with E-state index >= 15 is 0 Å². The third-order valence-electron chi connectivity index (χ3n) is 5.83. The minimum atomic E-state index is -4.36. The first-order valence-corrected chi connectivity index (χ1v) is 10.2. The summed E-state index contributed by atoms with van der Waals surface area (Å²) in [6, 6.07) is 3.78. The molecule has 1 aromatic carbocycles. The second-order valence-corrected chi connectivity index (χ2v) is 8.39. The third-order valence-corrected chi connectivity index (χ3v) is 5.83. The molecule has 1 saturated heterocycles. The number of halogens is 5. The molecule has 1 amide bonds. The summed E-state index contributed by atoms with van der Waals surface area (Å²) in [5.74, 6) is -6.17. The number of rotatable bonds is 7. The zero-order valence-corrected chi connectivity index (χ0v) is 18.2. The summed E-state index contributed by atoms with van der Waals surface area (Å²) < 4.78 is 80.7. The van der Waals surface area contributed by atoms with Gasteiger partial charge in [-0.05, 0) is 18.2 Å². The first kappa shape index (κ1) is 24.6. The highest BCUT2D eigenvalue weighted by Crippen LogP contribution is 2.51. The lowest BCUT2D eigenvalue weighted by Gasteiger charge is -2.42. The number of ether oxygens (including phenoxy) is 3. The lowest BCUT2D eigenvalue weighted by atomic mass is 9.69. The molecule has 2 atom stereocenters. The van der Waals surface area contributed by atoms with Crippen molar-refractivity contribution in [1.29, 1.82) is 0 Å². The molecule has 188 valence electrons. The maximum atomic E-state index is 14.9. The summed E-state index contributed by atoms with van der Waals surface area (Å²) in [5, 5.41) is 2.54. The molecule has 0 bridgehead atoms. The van der Waals surface area contributed by atoms with Crippen molar-refractivity contribution in [2.75, 3.05) is 31.7 Å². The summed E-state index contributed by atoms with van der Waals surface area (Å²) in [4.78, 5) is 24.3. The highest BCUT2D eigenvalue weighted by atomic mass is 19.3. The molecule has 2 aromatic rings. The van der Waals surface area contributed by atoms with Crippen LogP contribution in [0.3, 0.4) is 0 Å². The van der Waals surface area contributed by atoms with Crippen LogP contribution in [0.5, 0.6) is 5.88 Å². The Labute approximate surface area is 195 Å². The number of aliphatic imine (C=N–C) groups is 1. The number of nitrogens with two attached hydrogens (primary N) is 1. The van der Waals surface area contributed by atoms with Crippen LogP contribution in [-0.4, -0.2) is 60.7 Å². The van der Waals surface area contributed by atoms with Crippen LogP contribution in [0.25, 0.3) is 0 Å². The average Bonchev–Trinajstić information content (AvgIpc) is 3.16. The smallest absolute Gasteiger partial charge is 0.340 e. The zero-order valence-electron chi connectivity index (χ0n) is 18.2. The SMILES string of the molecule is C[C@@]12COC[C@]1(c1cc(NC(=O)c3cnc(OCC(F)(F)C(F)F)cn3)ccc1F)N=C(N)OC2. The van der Waals surface area contributed by atoms with Gasteiger partial charge in [0, 0.05) is 11.3 Å². The van der Waals surface area contributed by atoms with E-state index in [-0.39, 0.29) is 42.8 Å². The van der Waals surface area contributed by atoms with E-state index in [4.69, 9.17) is 15.2 Å². The Balaban J connectivity index is 1.51. The topological polar surface area (TPSA) is 121 Å². The van der Waals surface area contributed by atoms with Crippen LogP contribution in [0.2, 0.25) is 0 Å². The first-order chi connectivity index (χ1) is 16.5. The van der Waals surface area contributed by atoms with Crippen molar-refractivity contribution in [2.24, 2.45) is 16.1 Å². The van der Waals surface area contributed by atoms with E-state index in [1.165, 1.54) is 12.1 Å². The number of alkyl halides is 4. The van der Waals surface area contributed by atoms with Gasteiger partial charge in [0.25, 0.3) is 11.9 Å². The molecule has 3 N–H and O–H groups in total. The molecule has 1 fully saturated rings. The van der Waals surface area contributed by atoms with Crippen molar-refractivity contribution in [3.05, 3.63) is 47.7 Å². The van der Waals surface area contributed by atoms with Gasteiger partial charge < -0.3 is 25.3 Å². The van der Waals surface area contributed by atoms with Gasteiger partial charge in [-0.15, -0.1) is 0 Å². The number of aromatic nitrogens is 2. The van der Waals surface area contributed by atoms with Gasteiger partial charge in [0.15, 0.2) is 6.61 Å². The fraction of sp³-hybridized carbons (Fsp3) is 0.429. The minimum Gasteiger partial charge on any atom is -0.470 e. The number of nitrogens with zero attached hydrogens (tertiary/aromatic N) is 3. The minimum absolute atomic E-state index is 0.0550. The largest absolute Gasteiger partial charge is 0.470 e. The van der Waals surface area contributed by atoms with E-state index in [0.29, 0.717) is 0 Å². The predicted octanol–water partition coefficient (Wildman–Crippen LogP) is 2.72. The molecule has 2 aliphatic heterocycles. The molecule has 0 radical (unpaired) electrons. The molecule has 9 nitrogen and oxygen atoms in total. The molecule has 1 aromatic heterocycles. The summed E-state index contributed by atoms with van der Waals surface area (Å²) in [5.41, 5.74) is 4.01. The van der Waals surface area contributed by atoms with E-state index in [2.05, 4.69) is 25.0 Å². The van der Waals surface area contributed by atoms with Crippen LogP contribution in [0.4, 0.5) is 27.6 Å². The molecule has 14 heteroatoms. The maximum absolute atomic E-state index is 14.9. The highest BCUT2D eigenvalue weighted by molar-refractivity contribution is 6.02. The molecule has 2 aliphatic rings. The Hall–Kier alpha value is -3.55. The normalized spacial score (nSPS) is 23.9. The van der Waals surface area contributed by atoms with Crippen LogP contribution >= 0.6 is 0 Å². The quantitative estimate of drug-likeness (QED) is 0.560. The number of hydrogen-bond donors (Lipinski definition) is 2. The van der Waals surface area contributed by atoms with Crippen molar-refractivity contribution in [1.82, 2.24) is 9.97 Å². The number of carbonyl (C=O) groups excluding carboxylic acids is 1. The molecule has 0 saturated carbocycles. The number of hydrogen-bond acceptors (Lipinski definition) is 8. The van der Waals surface area contributed by atoms with Crippen molar-refractivity contribution in [3.8, 4) is 5.88 Å². The number of anilines is 1. The van der Waals surface area contributed by atoms with Gasteiger partial charge in [-0.3, -0.25) is 4.79 Å². The Bertz CT molecular complexity index is 1150. The van der Waals surface area contributed by atoms with Gasteiger partial charge in [0.05, 0.1) is 31.0 Å². The number of amides is 1. The van der Waals surface area contributed by atoms with Crippen LogP contribution in [0, 0.1) is 11.2 Å². The van der Waals surface area contributed by atoms with Crippen LogP contribution in [-0.2, 0) is 15.0 Å². The van der Waals surface area contributed by atoms with Gasteiger partial charge in [-0.1, -0.05) is 6.92 Å². The Morgan fingerprint density at radius 1 is 1.26 bits per heavy atom. The van der Waals surface area contributed by atoms with Crippen molar-refractivity contribution >= 4 is 17.6 Å². The summed E-state index contributed by atoms with van der Waals surface area (Å²) in [6.07, 6.45) is -2.15. The number of amidine groups is 1. The lowest BCUT2D eigenvalue weighted by Crippen LogP contribution is -2.50. The number of nitrogens with one attached hydrogen (secondary N) is 1. The Morgan fingerprint density at radius 2 is 2.03 bits per heavy atom. The summed E-state index contributed by atoms with van der Waals surface area (Å²) in [7, 11) is 0. The highest BCUT2D eigenvalue weighted by Gasteiger charge is 2.58. The van der Waals surface area contributed by atoms with Crippen LogP contribution in [0.1, 0.15) is 23.0 Å². The summed E-state index contributed by atoms with van der Waals surface area (Å²) >= 11 is 0. The molecule has 3 heterocycles. The van der Waals surface area contributed by atoms with E-state index in [1.807, 2.05) is 6.92 Å². The molecular formula is C21H20F5N5O4. The summed E-state index contributed by atoms with van der Waals surface area (Å²) in [6.45, 7) is 0.695. The molecule has 0 aliphatic carbocycles. The zero-order chi connectivity index (χ0) is 25.4. The standard InChI is InChI=1S/C21H20F5N5O4/c1-19-7-33-9-20(19,31-18(27)35-8-19)12-4-11(2-3-13(12)22)30-16(32)14-5-29-15(6-28-14)34-10-21(25,26)17(23)24/h2-6,17H,7-10H2,1H3,(H2,27,31)(H,30,32)/t19-,20+/m0/s1. The Morgan fingerprint density at radius 3 is 2.71 bits per heavy atom. The first-order valence-electron chi connectivity index (χ1n) is 10.2. The van der Waals surface area contributed by atoms with Gasteiger partial charge in [0.2, 0.25) is 5.88 Å². The average molecular weight is 501 g/mol. The third kappa shape index (κ3) is 4.57. The van der Waals surface area contributed by atoms with Crippen molar-refractivity contribution in [2.45, 2.75) is 24.8 Å². The van der Waals surface area contributed by atoms with Gasteiger partial charge in [0.1, 0.15) is 23.7 Å². The van der Waals surface area contributed by atoms with E-state index in [0.717, 1.165) is 18.5 Å². The predicted molar refractivity (Wildman–Crippen MR) is 111 cm³/mol. The van der Waals surface area contributed by atoms with Crippen molar-refractivity contribution < 1.29 is 41.0 Å². The second-order valence-electron chi connectivity index (χ2n) is 8.39. The molecule has 4 rings (SSSR count). The van der Waals surface area contributed by atoms with Gasteiger partial charge in [-0.25, -0.2) is 28.1 Å². The van der Waals surface area contributed by atoms with E-state index < -0.39 is 47.5 Å². The number of fused-ring (bicyclic) bond motifs is 1. The molecule has 35 heavy (non-hydrogen) atoms. The van der Waals surface area contributed by atoms with Gasteiger partial charge >= 0.3 is 12.3 Å². The number of benzene rings is 1. The van der Waals surface area contributed by atoms with Crippen LogP contribution in [0.15, 0.2) is 35.6 Å². The molecule has 0 spiro atoms. The lowest BCUT2D eigenvalue weighted by molar-refractivity contribution is -0.148. The van der Waals surface area contributed by atoms with Crippen molar-refractivity contribution in [3.63, 3.8) is 0 Å². The van der Waals surface area contributed by atoms with Gasteiger partial charge in [-0.2, -0.15) is 8.78 Å². The second kappa shape index (κ2) is 8.91. The monoisotopic (exact) mass is 501 g/mol. The molecule has 0 unspecified atom stereocenters.